The van der Waals surface area contributed by atoms with E-state index in [1.54, 1.807) is 24.3 Å². The molecule has 4 aliphatic rings. The summed E-state index contributed by atoms with van der Waals surface area (Å²) in [6.45, 7) is 1.11. The second kappa shape index (κ2) is 6.93. The van der Waals surface area contributed by atoms with E-state index in [1.807, 2.05) is 12.1 Å². The second-order valence-electron chi connectivity index (χ2n) is 8.33. The number of fused-ring (bicyclic) bond motifs is 3. The van der Waals surface area contributed by atoms with E-state index in [9.17, 15) is 14.0 Å². The van der Waals surface area contributed by atoms with Crippen molar-refractivity contribution in [3.05, 3.63) is 59.2 Å². The normalized spacial score (nSPS) is 33.6. The van der Waals surface area contributed by atoms with E-state index in [-0.39, 0.29) is 42.3 Å². The third-order valence-corrected chi connectivity index (χ3v) is 6.79. The molecular weight excluding hydrogens is 369 g/mol. The Morgan fingerprint density at radius 2 is 1.90 bits per heavy atom. The van der Waals surface area contributed by atoms with E-state index in [0.717, 1.165) is 30.5 Å². The fourth-order valence-electron chi connectivity index (χ4n) is 5.51. The third kappa shape index (κ3) is 2.84. The van der Waals surface area contributed by atoms with E-state index in [4.69, 9.17) is 5.26 Å². The number of benzene rings is 1. The number of allylic oxidation sites excluding steroid dienone is 2. The minimum absolute atomic E-state index is 0.0909. The van der Waals surface area contributed by atoms with Crippen LogP contribution in [0.5, 0.6) is 0 Å². The first-order chi connectivity index (χ1) is 14.1. The molecule has 3 fully saturated rings. The minimum atomic E-state index is -0.990. The van der Waals surface area contributed by atoms with Crippen LogP contribution in [-0.2, 0) is 9.59 Å². The molecule has 5 nitrogen and oxygen atoms in total. The predicted molar refractivity (Wildman–Crippen MR) is 104 cm³/mol. The average Bonchev–Trinajstić information content (AvgIpc) is 3.38. The summed E-state index contributed by atoms with van der Waals surface area (Å²) in [4.78, 5) is 30.3. The fraction of sp³-hybridized carbons (Fsp3) is 0.435. The number of amides is 2. The van der Waals surface area contributed by atoms with Gasteiger partial charge in [-0.05, 0) is 42.7 Å². The van der Waals surface area contributed by atoms with Gasteiger partial charge in [0.05, 0.1) is 30.0 Å². The summed E-state index contributed by atoms with van der Waals surface area (Å²) in [5.41, 5.74) is 2.39. The van der Waals surface area contributed by atoms with Crippen molar-refractivity contribution in [3.63, 3.8) is 0 Å². The zero-order valence-corrected chi connectivity index (χ0v) is 16.0. The number of hydrogen-bond donors (Lipinski definition) is 0. The van der Waals surface area contributed by atoms with Gasteiger partial charge in [0, 0.05) is 18.5 Å². The molecule has 1 aromatic rings. The van der Waals surface area contributed by atoms with Gasteiger partial charge in [-0.3, -0.25) is 19.4 Å². The van der Waals surface area contributed by atoms with Crippen LogP contribution in [0.4, 0.5) is 4.39 Å². The summed E-state index contributed by atoms with van der Waals surface area (Å²) >= 11 is 0. The Morgan fingerprint density at radius 3 is 2.59 bits per heavy atom. The van der Waals surface area contributed by atoms with Gasteiger partial charge in [0.15, 0.2) is 0 Å². The number of nitrogens with zero attached hydrogens (tertiary/aromatic N) is 3. The molecule has 0 saturated carbocycles. The summed E-state index contributed by atoms with van der Waals surface area (Å²) in [5.74, 6) is -0.916. The van der Waals surface area contributed by atoms with Crippen LogP contribution in [-0.4, -0.2) is 46.9 Å². The molecule has 3 saturated heterocycles. The molecular formula is C23H22FN3O2. The van der Waals surface area contributed by atoms with Crippen molar-refractivity contribution in [2.45, 2.75) is 37.5 Å². The number of imide groups is 1. The second-order valence-corrected chi connectivity index (χ2v) is 8.33. The number of carbonyl (C=O) groups excluding carboxylic acids is 2. The zero-order valence-electron chi connectivity index (χ0n) is 16.0. The summed E-state index contributed by atoms with van der Waals surface area (Å²) in [6, 6.07) is 9.46. The first kappa shape index (κ1) is 18.3. The number of nitriles is 1. The molecule has 3 heterocycles. The van der Waals surface area contributed by atoms with Crippen molar-refractivity contribution in [2.75, 3.05) is 13.1 Å². The van der Waals surface area contributed by atoms with Gasteiger partial charge in [-0.2, -0.15) is 5.26 Å². The van der Waals surface area contributed by atoms with Crippen molar-refractivity contribution in [2.24, 2.45) is 11.8 Å². The van der Waals surface area contributed by atoms with Gasteiger partial charge in [0.1, 0.15) is 6.17 Å². The lowest BCUT2D eigenvalue weighted by Crippen LogP contribution is -2.40. The Balaban J connectivity index is 1.46. The topological polar surface area (TPSA) is 64.4 Å². The molecule has 0 aromatic heterocycles. The highest BCUT2D eigenvalue weighted by molar-refractivity contribution is 6.06. The predicted octanol–water partition coefficient (Wildman–Crippen LogP) is 2.90. The minimum Gasteiger partial charge on any atom is -0.292 e. The Labute approximate surface area is 169 Å². The molecule has 148 valence electrons. The van der Waals surface area contributed by atoms with Crippen LogP contribution in [0.1, 0.15) is 36.4 Å². The van der Waals surface area contributed by atoms with E-state index in [1.165, 1.54) is 11.0 Å². The van der Waals surface area contributed by atoms with Gasteiger partial charge >= 0.3 is 0 Å². The Morgan fingerprint density at radius 1 is 1.14 bits per heavy atom. The monoisotopic (exact) mass is 391 g/mol. The molecule has 0 radical (unpaired) electrons. The van der Waals surface area contributed by atoms with Crippen LogP contribution in [0.3, 0.4) is 0 Å². The highest BCUT2D eigenvalue weighted by Crippen LogP contribution is 2.53. The molecule has 1 unspecified atom stereocenters. The summed E-state index contributed by atoms with van der Waals surface area (Å²) in [7, 11) is 0. The standard InChI is InChI=1S/C23H22FN3O2/c24-17-9-5-15(6-10-17)13-27-22(28)19-18-2-1-11-26(18)21(20(19)23(27)29)16-7-3-14(12-25)4-8-16/h3-9,17-21H,1-2,10-11,13H2/t17?,18-,19-,20-,21-/m0/s1. The Hall–Kier alpha value is -2.78. The number of halogens is 1. The largest absolute Gasteiger partial charge is 0.292 e. The van der Waals surface area contributed by atoms with E-state index >= 15 is 0 Å². The number of rotatable bonds is 3. The SMILES string of the molecule is N#Cc1ccc([C@H]2[C@H]3C(=O)N(CC4=CCC(F)C=C4)C(=O)[C@H]3[C@@H]3CCCN32)cc1. The Kier molecular flexibility index (Phi) is 4.36. The van der Waals surface area contributed by atoms with Crippen LogP contribution in [0.15, 0.2) is 48.1 Å². The van der Waals surface area contributed by atoms with Crippen LogP contribution >= 0.6 is 0 Å². The maximum absolute atomic E-state index is 13.4. The number of hydrogen-bond acceptors (Lipinski definition) is 4. The molecule has 29 heavy (non-hydrogen) atoms. The molecule has 3 aliphatic heterocycles. The third-order valence-electron chi connectivity index (χ3n) is 6.79. The number of carbonyl (C=O) groups is 2. The van der Waals surface area contributed by atoms with E-state index < -0.39 is 6.17 Å². The van der Waals surface area contributed by atoms with Crippen molar-refractivity contribution in [1.29, 1.82) is 5.26 Å². The lowest BCUT2D eigenvalue weighted by atomic mass is 9.85. The van der Waals surface area contributed by atoms with Crippen LogP contribution in [0.25, 0.3) is 0 Å². The lowest BCUT2D eigenvalue weighted by Gasteiger charge is -2.29. The van der Waals surface area contributed by atoms with Gasteiger partial charge < -0.3 is 0 Å². The van der Waals surface area contributed by atoms with Gasteiger partial charge in [-0.1, -0.05) is 30.4 Å². The highest BCUT2D eigenvalue weighted by atomic mass is 19.1. The summed E-state index contributed by atoms with van der Waals surface area (Å²) in [5, 5.41) is 9.08. The van der Waals surface area contributed by atoms with Crippen LogP contribution < -0.4 is 0 Å². The van der Waals surface area contributed by atoms with Gasteiger partial charge in [-0.25, -0.2) is 4.39 Å². The number of likely N-dealkylation sites (tertiary alicyclic amines) is 1. The molecule has 1 aromatic carbocycles. The molecule has 0 bridgehead atoms. The molecule has 2 amide bonds. The molecule has 5 atom stereocenters. The van der Waals surface area contributed by atoms with E-state index in [0.29, 0.717) is 12.0 Å². The highest BCUT2D eigenvalue weighted by Gasteiger charge is 2.62. The molecule has 1 aliphatic carbocycles. The van der Waals surface area contributed by atoms with Gasteiger partial charge in [-0.15, -0.1) is 0 Å². The molecule has 0 N–H and O–H groups in total. The van der Waals surface area contributed by atoms with Gasteiger partial charge in [0.25, 0.3) is 0 Å². The van der Waals surface area contributed by atoms with Gasteiger partial charge in [0.2, 0.25) is 11.8 Å². The van der Waals surface area contributed by atoms with Crippen molar-refractivity contribution in [3.8, 4) is 6.07 Å². The Bertz CT molecular complexity index is 961. The van der Waals surface area contributed by atoms with Crippen molar-refractivity contribution >= 4 is 11.8 Å². The summed E-state index contributed by atoms with van der Waals surface area (Å²) in [6.07, 6.45) is 6.19. The smallest absolute Gasteiger partial charge is 0.235 e. The van der Waals surface area contributed by atoms with E-state index in [2.05, 4.69) is 11.0 Å². The molecule has 0 spiro atoms. The van der Waals surface area contributed by atoms with Crippen LogP contribution in [0, 0.1) is 23.2 Å². The van der Waals surface area contributed by atoms with Crippen LogP contribution in [0.2, 0.25) is 0 Å². The molecule has 5 rings (SSSR count). The maximum Gasteiger partial charge on any atom is 0.235 e. The molecule has 6 heteroatoms. The zero-order chi connectivity index (χ0) is 20.1. The summed E-state index contributed by atoms with van der Waals surface area (Å²) < 4.78 is 13.3. The maximum atomic E-state index is 13.4. The quantitative estimate of drug-likeness (QED) is 0.744. The van der Waals surface area contributed by atoms with Crippen molar-refractivity contribution in [1.82, 2.24) is 9.80 Å². The first-order valence-corrected chi connectivity index (χ1v) is 10.2. The number of alkyl halides is 1. The van der Waals surface area contributed by atoms with Crippen molar-refractivity contribution < 1.29 is 14.0 Å². The fourth-order valence-corrected chi connectivity index (χ4v) is 5.51. The first-order valence-electron chi connectivity index (χ1n) is 10.2. The average molecular weight is 391 g/mol. The lowest BCUT2D eigenvalue weighted by molar-refractivity contribution is -0.140.